The second-order valence-corrected chi connectivity index (χ2v) is 11.6. The summed E-state index contributed by atoms with van der Waals surface area (Å²) in [7, 11) is -3.47. The number of pyridine rings is 1. The lowest BCUT2D eigenvalue weighted by Crippen LogP contribution is -2.33. The minimum atomic E-state index is -3.47. The van der Waals surface area contributed by atoms with Crippen LogP contribution in [-0.4, -0.2) is 38.3 Å². The van der Waals surface area contributed by atoms with Crippen LogP contribution in [0, 0.1) is 0 Å². The van der Waals surface area contributed by atoms with Gasteiger partial charge in [0.15, 0.2) is 21.3 Å². The van der Waals surface area contributed by atoms with Gasteiger partial charge in [-0.1, -0.05) is 24.3 Å². The zero-order valence-electron chi connectivity index (χ0n) is 23.0. The lowest BCUT2D eigenvalue weighted by Gasteiger charge is -2.23. The van der Waals surface area contributed by atoms with Gasteiger partial charge in [-0.2, -0.15) is 0 Å². The van der Waals surface area contributed by atoms with Crippen LogP contribution in [0.15, 0.2) is 77.8 Å². The molecular formula is C30H34N4O5S. The molecule has 0 bridgehead atoms. The largest absolute Gasteiger partial charge is 0.490 e. The Hall–Kier alpha value is -4.31. The smallest absolute Gasteiger partial charge is 0.247 e. The number of hydrogen-bond acceptors (Lipinski definition) is 8. The first kappa shape index (κ1) is 28.7. The quantitative estimate of drug-likeness (QED) is 0.236. The number of amides is 1. The molecule has 0 spiro atoms. The summed E-state index contributed by atoms with van der Waals surface area (Å²) in [4.78, 5) is 18.0. The summed E-state index contributed by atoms with van der Waals surface area (Å²) in [6.07, 6.45) is 2.72. The fourth-order valence-corrected chi connectivity index (χ4v) is 5.32. The second kappa shape index (κ2) is 12.3. The molecule has 1 unspecified atom stereocenters. The topological polar surface area (TPSA) is 133 Å². The Kier molecular flexibility index (Phi) is 8.79. The van der Waals surface area contributed by atoms with Gasteiger partial charge in [-0.05, 0) is 79.7 Å². The van der Waals surface area contributed by atoms with Crippen LogP contribution < -0.4 is 25.8 Å². The molecule has 4 aromatic rings. The molecule has 0 fully saturated rings. The number of nitrogens with one attached hydrogen (secondary N) is 2. The summed E-state index contributed by atoms with van der Waals surface area (Å²) in [6.45, 7) is 6.19. The zero-order valence-corrected chi connectivity index (χ0v) is 23.8. The number of nitrogens with zero attached hydrogens (tertiary/aromatic N) is 1. The Bertz CT molecular complexity index is 1620. The number of carbonyl (C=O) groups is 1. The molecule has 3 aromatic carbocycles. The minimum absolute atomic E-state index is 0.0348. The predicted molar refractivity (Wildman–Crippen MR) is 157 cm³/mol. The van der Waals surface area contributed by atoms with Crippen LogP contribution in [0.2, 0.25) is 0 Å². The summed E-state index contributed by atoms with van der Waals surface area (Å²) in [5, 5.41) is 7.91. The van der Waals surface area contributed by atoms with Crippen molar-refractivity contribution in [1.29, 1.82) is 0 Å². The van der Waals surface area contributed by atoms with E-state index in [1.165, 1.54) is 6.07 Å². The maximum Gasteiger partial charge on any atom is 0.247 e. The Labute approximate surface area is 234 Å². The van der Waals surface area contributed by atoms with Gasteiger partial charge in [-0.3, -0.25) is 4.79 Å². The molecule has 1 aromatic heterocycles. The maximum absolute atomic E-state index is 13.7. The van der Waals surface area contributed by atoms with Gasteiger partial charge in [0.1, 0.15) is 11.9 Å². The molecule has 210 valence electrons. The summed E-state index contributed by atoms with van der Waals surface area (Å²) in [5.41, 5.74) is 7.85. The number of rotatable bonds is 11. The number of fused-ring (bicyclic) bond motifs is 1. The molecular weight excluding hydrogens is 528 g/mol. The van der Waals surface area contributed by atoms with Gasteiger partial charge in [0.2, 0.25) is 5.91 Å². The third-order valence-corrected chi connectivity index (χ3v) is 7.35. The fourth-order valence-electron chi connectivity index (χ4n) is 4.38. The number of benzene rings is 3. The van der Waals surface area contributed by atoms with Gasteiger partial charge in [0, 0.05) is 30.1 Å². The number of nitrogens with two attached hydrogens (primary N) is 1. The van der Waals surface area contributed by atoms with Crippen molar-refractivity contribution in [3.05, 3.63) is 84.1 Å². The molecule has 0 radical (unpaired) electrons. The van der Waals surface area contributed by atoms with Gasteiger partial charge in [-0.25, -0.2) is 13.4 Å². The highest BCUT2D eigenvalue weighted by molar-refractivity contribution is 7.90. The molecule has 4 N–H and O–H groups in total. The lowest BCUT2D eigenvalue weighted by atomic mass is 10.0. The van der Waals surface area contributed by atoms with E-state index in [9.17, 15) is 13.2 Å². The van der Waals surface area contributed by atoms with Crippen molar-refractivity contribution < 1.29 is 22.7 Å². The van der Waals surface area contributed by atoms with Crippen molar-refractivity contribution >= 4 is 38.0 Å². The molecule has 1 amide bonds. The van der Waals surface area contributed by atoms with E-state index in [2.05, 4.69) is 15.6 Å². The summed E-state index contributed by atoms with van der Waals surface area (Å²) in [5.74, 6) is 1.17. The Morgan fingerprint density at radius 3 is 2.52 bits per heavy atom. The van der Waals surface area contributed by atoms with Crippen molar-refractivity contribution in [2.75, 3.05) is 23.9 Å². The first-order valence-corrected chi connectivity index (χ1v) is 14.9. The van der Waals surface area contributed by atoms with Crippen molar-refractivity contribution in [3.8, 4) is 11.5 Å². The molecule has 0 aliphatic carbocycles. The van der Waals surface area contributed by atoms with Gasteiger partial charge in [0.25, 0.3) is 0 Å². The SMILES string of the molecule is CCOc1cc(C(Nc2ccc3c(N)nccc3c2)C(=O)NCc2ccccc2S(C)(=O)=O)ccc1OC(C)C. The van der Waals surface area contributed by atoms with E-state index in [1.54, 1.807) is 36.5 Å². The van der Waals surface area contributed by atoms with Crippen LogP contribution >= 0.6 is 0 Å². The number of aromatic nitrogens is 1. The second-order valence-electron chi connectivity index (χ2n) is 9.61. The van der Waals surface area contributed by atoms with E-state index in [4.69, 9.17) is 15.2 Å². The fraction of sp³-hybridized carbons (Fsp3) is 0.267. The third kappa shape index (κ3) is 6.81. The maximum atomic E-state index is 13.7. The van der Waals surface area contributed by atoms with Crippen LogP contribution in [0.1, 0.15) is 37.9 Å². The highest BCUT2D eigenvalue weighted by Gasteiger charge is 2.24. The first-order valence-electron chi connectivity index (χ1n) is 13.0. The van der Waals surface area contributed by atoms with Gasteiger partial charge in [-0.15, -0.1) is 0 Å². The molecule has 4 rings (SSSR count). The lowest BCUT2D eigenvalue weighted by molar-refractivity contribution is -0.122. The minimum Gasteiger partial charge on any atom is -0.490 e. The van der Waals surface area contributed by atoms with E-state index in [-0.39, 0.29) is 23.5 Å². The van der Waals surface area contributed by atoms with Crippen molar-refractivity contribution in [2.24, 2.45) is 0 Å². The van der Waals surface area contributed by atoms with Crippen LogP contribution in [0.3, 0.4) is 0 Å². The van der Waals surface area contributed by atoms with Crippen molar-refractivity contribution in [2.45, 2.75) is 44.4 Å². The van der Waals surface area contributed by atoms with E-state index in [0.717, 1.165) is 17.0 Å². The molecule has 9 nitrogen and oxygen atoms in total. The number of carbonyl (C=O) groups excluding carboxylic acids is 1. The molecule has 10 heteroatoms. The number of sulfone groups is 1. The van der Waals surface area contributed by atoms with Crippen molar-refractivity contribution in [3.63, 3.8) is 0 Å². The summed E-state index contributed by atoms with van der Waals surface area (Å²) < 4.78 is 36.3. The molecule has 0 aliphatic heterocycles. The zero-order chi connectivity index (χ0) is 28.9. The summed E-state index contributed by atoms with van der Waals surface area (Å²) in [6, 6.07) is 18.6. The Morgan fingerprint density at radius 2 is 1.80 bits per heavy atom. The molecule has 1 heterocycles. The summed E-state index contributed by atoms with van der Waals surface area (Å²) >= 11 is 0. The molecule has 0 aliphatic rings. The molecule has 0 saturated heterocycles. The number of anilines is 2. The number of hydrogen-bond donors (Lipinski definition) is 3. The first-order chi connectivity index (χ1) is 19.1. The molecule has 1 atom stereocenters. The van der Waals surface area contributed by atoms with Crippen LogP contribution in [-0.2, 0) is 21.2 Å². The predicted octanol–water partition coefficient (Wildman–Crippen LogP) is 4.88. The standard InChI is InChI=1S/C30H34N4O5S/c1-5-38-26-17-21(10-13-25(26)39-19(2)3)28(34-23-11-12-24-20(16-23)14-15-32-29(24)31)30(35)33-18-22-8-6-7-9-27(22)40(4,36)37/h6-17,19,28,34H,5,18H2,1-4H3,(H2,31,32)(H,33,35). The Morgan fingerprint density at radius 1 is 1.02 bits per heavy atom. The van der Waals surface area contributed by atoms with Gasteiger partial charge in [0.05, 0.1) is 17.6 Å². The number of ether oxygens (including phenoxy) is 2. The average molecular weight is 563 g/mol. The van der Waals surface area contributed by atoms with Gasteiger partial charge >= 0.3 is 0 Å². The van der Waals surface area contributed by atoms with Crippen molar-refractivity contribution in [1.82, 2.24) is 10.3 Å². The monoisotopic (exact) mass is 562 g/mol. The number of nitrogen functional groups attached to an aromatic ring is 1. The van der Waals surface area contributed by atoms with Crippen LogP contribution in [0.25, 0.3) is 10.8 Å². The van der Waals surface area contributed by atoms with Gasteiger partial charge < -0.3 is 25.8 Å². The molecule has 0 saturated carbocycles. The average Bonchev–Trinajstić information content (AvgIpc) is 2.91. The normalized spacial score (nSPS) is 12.2. The van der Waals surface area contributed by atoms with E-state index >= 15 is 0 Å². The van der Waals surface area contributed by atoms with E-state index < -0.39 is 15.9 Å². The Balaban J connectivity index is 1.70. The van der Waals surface area contributed by atoms with Crippen LogP contribution in [0.4, 0.5) is 11.5 Å². The highest BCUT2D eigenvalue weighted by Crippen LogP contribution is 2.33. The third-order valence-electron chi connectivity index (χ3n) is 6.16. The highest BCUT2D eigenvalue weighted by atomic mass is 32.2. The van der Waals surface area contributed by atoms with E-state index in [0.29, 0.717) is 40.7 Å². The molecule has 40 heavy (non-hydrogen) atoms. The van der Waals surface area contributed by atoms with E-state index in [1.807, 2.05) is 51.1 Å². The van der Waals surface area contributed by atoms with Crippen LogP contribution in [0.5, 0.6) is 11.5 Å².